The Morgan fingerprint density at radius 2 is 1.70 bits per heavy atom. The predicted molar refractivity (Wildman–Crippen MR) is 106 cm³/mol. The fourth-order valence-corrected chi connectivity index (χ4v) is 3.53. The molecule has 0 unspecified atom stereocenters. The van der Waals surface area contributed by atoms with Crippen LogP contribution in [0.2, 0.25) is 0 Å². The van der Waals surface area contributed by atoms with E-state index in [9.17, 15) is 27.9 Å². The van der Waals surface area contributed by atoms with Crippen LogP contribution >= 0.6 is 11.8 Å². The Hall–Kier alpha value is -2.68. The highest BCUT2D eigenvalue weighted by molar-refractivity contribution is 8.01. The summed E-state index contributed by atoms with van der Waals surface area (Å²) in [5.74, 6) is -1.05. The quantitative estimate of drug-likeness (QED) is 0.416. The lowest BCUT2D eigenvalue weighted by Crippen LogP contribution is -2.26. The van der Waals surface area contributed by atoms with Crippen LogP contribution in [-0.4, -0.2) is 35.1 Å². The number of aliphatic carboxylic acids is 1. The number of methoxy groups -OCH3 is 1. The van der Waals surface area contributed by atoms with Gasteiger partial charge >= 0.3 is 12.3 Å². The van der Waals surface area contributed by atoms with Crippen LogP contribution in [0.3, 0.4) is 0 Å². The van der Waals surface area contributed by atoms with E-state index in [1.807, 2.05) is 0 Å². The van der Waals surface area contributed by atoms with E-state index >= 15 is 0 Å². The first-order valence-corrected chi connectivity index (χ1v) is 9.71. The maximum absolute atomic E-state index is 12.3. The molecule has 0 aliphatic carbocycles. The normalized spacial score (nSPS) is 11.8. The molecule has 0 saturated carbocycles. The minimum Gasteiger partial charge on any atom is -0.496 e. The lowest BCUT2D eigenvalue weighted by atomic mass is 10.0. The smallest absolute Gasteiger partial charge is 0.496 e. The minimum absolute atomic E-state index is 0.149. The number of halogens is 3. The largest absolute Gasteiger partial charge is 0.573 e. The number of hydrogen-bond acceptors (Lipinski definition) is 5. The van der Waals surface area contributed by atoms with Gasteiger partial charge in [-0.25, -0.2) is 0 Å². The molecule has 0 radical (unpaired) electrons. The van der Waals surface area contributed by atoms with Crippen LogP contribution in [0.15, 0.2) is 47.4 Å². The average Bonchev–Trinajstić information content (AvgIpc) is 2.65. The van der Waals surface area contributed by atoms with E-state index in [-0.39, 0.29) is 23.5 Å². The second kappa shape index (κ2) is 9.42. The topological polar surface area (TPSA) is 72.8 Å². The number of hydrogen-bond donors (Lipinski definition) is 1. The van der Waals surface area contributed by atoms with E-state index in [0.717, 1.165) is 29.5 Å². The van der Waals surface area contributed by atoms with Crippen molar-refractivity contribution in [1.82, 2.24) is 0 Å². The van der Waals surface area contributed by atoms with Crippen molar-refractivity contribution < 1.29 is 37.3 Å². The molecule has 5 nitrogen and oxygen atoms in total. The van der Waals surface area contributed by atoms with Gasteiger partial charge in [-0.3, -0.25) is 9.59 Å². The lowest BCUT2D eigenvalue weighted by Gasteiger charge is -2.20. The molecular weight excluding hydrogens is 421 g/mol. The van der Waals surface area contributed by atoms with E-state index in [2.05, 4.69) is 4.74 Å². The first-order valence-electron chi connectivity index (χ1n) is 8.89. The maximum atomic E-state index is 12.3. The molecule has 162 valence electrons. The number of thioether (sulfide) groups is 1. The molecule has 30 heavy (non-hydrogen) atoms. The number of carboxylic acids is 1. The van der Waals surface area contributed by atoms with Crippen LogP contribution in [0.4, 0.5) is 13.2 Å². The van der Waals surface area contributed by atoms with Gasteiger partial charge in [-0.2, -0.15) is 0 Å². The highest BCUT2D eigenvalue weighted by atomic mass is 32.2. The van der Waals surface area contributed by atoms with Crippen LogP contribution in [0.25, 0.3) is 0 Å². The van der Waals surface area contributed by atoms with Gasteiger partial charge in [-0.15, -0.1) is 24.9 Å². The molecule has 2 aromatic rings. The van der Waals surface area contributed by atoms with Crippen LogP contribution < -0.4 is 9.47 Å². The number of benzene rings is 2. The third-order valence-corrected chi connectivity index (χ3v) is 5.40. The molecule has 0 amide bonds. The number of ketones is 1. The van der Waals surface area contributed by atoms with Crippen molar-refractivity contribution in [1.29, 1.82) is 0 Å². The summed E-state index contributed by atoms with van der Waals surface area (Å²) in [5, 5.41) is 9.28. The zero-order valence-electron chi connectivity index (χ0n) is 16.6. The second-order valence-corrected chi connectivity index (χ2v) is 8.56. The summed E-state index contributed by atoms with van der Waals surface area (Å²) in [7, 11) is 1.48. The zero-order valence-corrected chi connectivity index (χ0v) is 17.4. The predicted octanol–water partition coefficient (Wildman–Crippen LogP) is 5.36. The molecule has 0 atom stereocenters. The Labute approximate surface area is 176 Å². The summed E-state index contributed by atoms with van der Waals surface area (Å²) in [6.07, 6.45) is -4.24. The molecule has 2 aromatic carbocycles. The van der Waals surface area contributed by atoms with Crippen molar-refractivity contribution in [2.24, 2.45) is 0 Å². The molecule has 0 aromatic heterocycles. The van der Waals surface area contributed by atoms with Gasteiger partial charge in [0.25, 0.3) is 0 Å². The summed E-state index contributed by atoms with van der Waals surface area (Å²) < 4.78 is 44.7. The zero-order chi connectivity index (χ0) is 22.5. The Balaban J connectivity index is 2.03. The number of rotatable bonds is 9. The standard InChI is InChI=1S/C21H21F3O5S/c1-20(2,19(26)27)30-18-11-5-13(12-17(18)28-3)4-10-16(25)14-6-8-15(9-7-14)29-21(22,23)24/h5-9,11-12H,4,10H2,1-3H3,(H,26,27). The van der Waals surface area contributed by atoms with Crippen LogP contribution in [0.5, 0.6) is 11.5 Å². The number of carbonyl (C=O) groups excluding carboxylic acids is 1. The third kappa shape index (κ3) is 6.69. The van der Waals surface area contributed by atoms with E-state index < -0.39 is 17.1 Å². The Bertz CT molecular complexity index is 908. The van der Waals surface area contributed by atoms with Crippen molar-refractivity contribution in [2.45, 2.75) is 42.7 Å². The first-order chi connectivity index (χ1) is 13.9. The van der Waals surface area contributed by atoms with Crippen molar-refractivity contribution in [3.8, 4) is 11.5 Å². The van der Waals surface area contributed by atoms with Gasteiger partial charge in [-0.1, -0.05) is 6.07 Å². The number of Topliss-reactive ketones (excluding diaryl/α,β-unsaturated/α-hetero) is 1. The van der Waals surface area contributed by atoms with Crippen LogP contribution in [0, 0.1) is 0 Å². The van der Waals surface area contributed by atoms with Gasteiger partial charge in [0.2, 0.25) is 0 Å². The Kier molecular flexibility index (Phi) is 7.41. The molecule has 0 heterocycles. The van der Waals surface area contributed by atoms with Gasteiger partial charge in [0, 0.05) is 12.0 Å². The van der Waals surface area contributed by atoms with Crippen molar-refractivity contribution >= 4 is 23.5 Å². The lowest BCUT2D eigenvalue weighted by molar-refractivity contribution is -0.274. The van der Waals surface area contributed by atoms with Gasteiger partial charge < -0.3 is 14.6 Å². The number of carboxylic acid groups (broad SMARTS) is 1. The van der Waals surface area contributed by atoms with E-state index in [1.54, 1.807) is 32.0 Å². The monoisotopic (exact) mass is 442 g/mol. The van der Waals surface area contributed by atoms with Crippen LogP contribution in [0.1, 0.15) is 36.2 Å². The molecular formula is C21H21F3O5S. The summed E-state index contributed by atoms with van der Waals surface area (Å²) in [6.45, 7) is 3.19. The van der Waals surface area contributed by atoms with Crippen LogP contribution in [-0.2, 0) is 11.2 Å². The van der Waals surface area contributed by atoms with E-state index in [1.165, 1.54) is 19.2 Å². The highest BCUT2D eigenvalue weighted by Gasteiger charge is 2.31. The fourth-order valence-electron chi connectivity index (χ4n) is 2.52. The van der Waals surface area contributed by atoms with Gasteiger partial charge in [0.1, 0.15) is 16.2 Å². The second-order valence-electron chi connectivity index (χ2n) is 6.90. The highest BCUT2D eigenvalue weighted by Crippen LogP contribution is 2.39. The average molecular weight is 442 g/mol. The first kappa shape index (κ1) is 23.6. The molecule has 9 heteroatoms. The number of carbonyl (C=O) groups is 2. The molecule has 0 spiro atoms. The maximum Gasteiger partial charge on any atom is 0.573 e. The SMILES string of the molecule is COc1cc(CCC(=O)c2ccc(OC(F)(F)F)cc2)ccc1SC(C)(C)C(=O)O. The Morgan fingerprint density at radius 1 is 1.07 bits per heavy atom. The van der Waals surface area contributed by atoms with Gasteiger partial charge in [-0.05, 0) is 62.2 Å². The molecule has 0 aliphatic rings. The van der Waals surface area contributed by atoms with Gasteiger partial charge in [0.05, 0.1) is 12.0 Å². The summed E-state index contributed by atoms with van der Waals surface area (Å²) in [4.78, 5) is 24.3. The van der Waals surface area contributed by atoms with E-state index in [4.69, 9.17) is 4.74 Å². The number of alkyl halides is 3. The molecule has 0 saturated heterocycles. The molecule has 0 aliphatic heterocycles. The van der Waals surface area contributed by atoms with Crippen molar-refractivity contribution in [2.75, 3.05) is 7.11 Å². The molecule has 2 rings (SSSR count). The molecule has 0 fully saturated rings. The summed E-state index contributed by atoms with van der Waals surface area (Å²) in [6, 6.07) is 10.1. The van der Waals surface area contributed by atoms with E-state index in [0.29, 0.717) is 17.1 Å². The van der Waals surface area contributed by atoms with Gasteiger partial charge in [0.15, 0.2) is 5.78 Å². The number of aryl methyl sites for hydroxylation is 1. The molecule has 1 N–H and O–H groups in total. The van der Waals surface area contributed by atoms with Crippen molar-refractivity contribution in [3.63, 3.8) is 0 Å². The minimum atomic E-state index is -4.78. The summed E-state index contributed by atoms with van der Waals surface area (Å²) >= 11 is 1.16. The van der Waals surface area contributed by atoms with Crippen molar-refractivity contribution in [3.05, 3.63) is 53.6 Å². The number of ether oxygens (including phenoxy) is 2. The fraction of sp³-hybridized carbons (Fsp3) is 0.333. The third-order valence-electron chi connectivity index (χ3n) is 4.16. The Morgan fingerprint density at radius 3 is 2.23 bits per heavy atom. The molecule has 0 bridgehead atoms. The summed E-state index contributed by atoms with van der Waals surface area (Å²) in [5.41, 5.74) is 1.10.